The van der Waals surface area contributed by atoms with Crippen LogP contribution in [0.4, 0.5) is 0 Å². The van der Waals surface area contributed by atoms with Crippen molar-refractivity contribution in [2.75, 3.05) is 6.61 Å². The monoisotopic (exact) mass is 562 g/mol. The molecule has 1 aromatic heterocycles. The van der Waals surface area contributed by atoms with Crippen LogP contribution in [0.25, 0.3) is 0 Å². The molecule has 0 bridgehead atoms. The molecule has 4 aliphatic carbocycles. The predicted molar refractivity (Wildman–Crippen MR) is 141 cm³/mol. The molecule has 0 amide bonds. The zero-order valence-corrected chi connectivity index (χ0v) is 23.1. The minimum atomic E-state index is -1.50. The Bertz CT molecular complexity index is 1190. The smallest absolute Gasteiger partial charge is 0.335 e. The van der Waals surface area contributed by atoms with Crippen LogP contribution in [0, 0.1) is 16.7 Å². The second-order valence-electron chi connectivity index (χ2n) is 13.3. The second-order valence-corrected chi connectivity index (χ2v) is 13.3. The fourth-order valence-electron chi connectivity index (χ4n) is 9.29. The third-order valence-electron chi connectivity index (χ3n) is 11.6. The van der Waals surface area contributed by atoms with Crippen LogP contribution >= 0.6 is 0 Å². The number of fused-ring (bicyclic) bond motifs is 5. The Morgan fingerprint density at radius 1 is 0.975 bits per heavy atom. The first-order chi connectivity index (χ1) is 18.9. The van der Waals surface area contributed by atoms with Gasteiger partial charge in [-0.25, -0.2) is 4.79 Å². The van der Waals surface area contributed by atoms with E-state index in [2.05, 4.69) is 13.8 Å². The highest BCUT2D eigenvalue weighted by atomic mass is 16.7. The highest BCUT2D eigenvalue weighted by molar-refractivity contribution is 5.35. The first kappa shape index (κ1) is 28.5. The van der Waals surface area contributed by atoms with Crippen molar-refractivity contribution >= 4 is 0 Å². The van der Waals surface area contributed by atoms with Crippen molar-refractivity contribution in [1.29, 1.82) is 0 Å². The van der Waals surface area contributed by atoms with Crippen molar-refractivity contribution in [2.24, 2.45) is 16.7 Å². The normalized spacial score (nSPS) is 50.5. The average molecular weight is 563 g/mol. The summed E-state index contributed by atoms with van der Waals surface area (Å²) >= 11 is 0. The molecule has 6 N–H and O–H groups in total. The summed E-state index contributed by atoms with van der Waals surface area (Å²) in [6, 6.07) is 3.20. The fraction of sp³-hybridized carbons (Fsp3) is 0.767. The molecule has 2 heterocycles. The third kappa shape index (κ3) is 3.87. The van der Waals surface area contributed by atoms with E-state index in [1.54, 1.807) is 6.07 Å². The van der Waals surface area contributed by atoms with Gasteiger partial charge in [-0.15, -0.1) is 0 Å². The van der Waals surface area contributed by atoms with E-state index in [4.69, 9.17) is 13.9 Å². The summed E-state index contributed by atoms with van der Waals surface area (Å²) in [6.07, 6.45) is 1.42. The van der Waals surface area contributed by atoms with Gasteiger partial charge in [-0.3, -0.25) is 0 Å². The Hall–Kier alpha value is -1.63. The fourth-order valence-corrected chi connectivity index (χ4v) is 9.29. The van der Waals surface area contributed by atoms with E-state index in [1.807, 2.05) is 6.08 Å². The van der Waals surface area contributed by atoms with Gasteiger partial charge in [0.05, 0.1) is 30.2 Å². The summed E-state index contributed by atoms with van der Waals surface area (Å²) in [5.74, 6) is -0.182. The Labute approximate surface area is 233 Å². The van der Waals surface area contributed by atoms with Gasteiger partial charge in [0.15, 0.2) is 6.29 Å². The van der Waals surface area contributed by atoms with Crippen LogP contribution in [0.3, 0.4) is 0 Å². The Morgan fingerprint density at radius 2 is 1.75 bits per heavy atom. The quantitative estimate of drug-likeness (QED) is 0.292. The van der Waals surface area contributed by atoms with Gasteiger partial charge in [0, 0.05) is 11.5 Å². The van der Waals surface area contributed by atoms with Crippen LogP contribution in [0.1, 0.15) is 76.7 Å². The summed E-state index contributed by atoms with van der Waals surface area (Å²) in [6.45, 7) is 3.72. The second kappa shape index (κ2) is 9.70. The number of hydrogen-bond acceptors (Lipinski definition) is 10. The Balaban J connectivity index is 1.24. The van der Waals surface area contributed by atoms with Crippen LogP contribution in [-0.2, 0) is 9.47 Å². The van der Waals surface area contributed by atoms with Crippen LogP contribution in [0.5, 0.6) is 0 Å². The number of rotatable bonds is 4. The maximum absolute atomic E-state index is 12.5. The van der Waals surface area contributed by atoms with E-state index in [9.17, 15) is 35.4 Å². The van der Waals surface area contributed by atoms with Crippen molar-refractivity contribution in [1.82, 2.24) is 0 Å². The van der Waals surface area contributed by atoms with Crippen molar-refractivity contribution in [3.05, 3.63) is 46.0 Å². The molecule has 3 saturated carbocycles. The van der Waals surface area contributed by atoms with Gasteiger partial charge in [-0.05, 0) is 80.2 Å². The Morgan fingerprint density at radius 3 is 2.45 bits per heavy atom. The molecule has 4 fully saturated rings. The summed E-state index contributed by atoms with van der Waals surface area (Å²) in [4.78, 5) is 11.6. The maximum Gasteiger partial charge on any atom is 0.335 e. The molecule has 1 saturated heterocycles. The molecule has 5 aliphatic rings. The van der Waals surface area contributed by atoms with Crippen molar-refractivity contribution in [3.63, 3.8) is 0 Å². The zero-order valence-electron chi connectivity index (χ0n) is 23.1. The van der Waals surface area contributed by atoms with E-state index >= 15 is 0 Å². The van der Waals surface area contributed by atoms with E-state index in [0.29, 0.717) is 38.5 Å². The molecule has 10 heteroatoms. The van der Waals surface area contributed by atoms with Crippen molar-refractivity contribution < 1.29 is 44.5 Å². The van der Waals surface area contributed by atoms with Crippen molar-refractivity contribution in [2.45, 2.75) is 119 Å². The van der Waals surface area contributed by atoms with E-state index in [-0.39, 0.29) is 17.3 Å². The molecule has 0 spiro atoms. The predicted octanol–water partition coefficient (Wildman–Crippen LogP) is 1.10. The van der Waals surface area contributed by atoms with Crippen LogP contribution < -0.4 is 5.63 Å². The lowest BCUT2D eigenvalue weighted by Gasteiger charge is -2.65. The van der Waals surface area contributed by atoms with Gasteiger partial charge in [0.25, 0.3) is 0 Å². The minimum absolute atomic E-state index is 0.0285. The summed E-state index contributed by atoms with van der Waals surface area (Å²) in [5.41, 5.74) is -1.86. The largest absolute Gasteiger partial charge is 0.431 e. The lowest BCUT2D eigenvalue weighted by molar-refractivity contribution is -0.309. The SMILES string of the molecule is C[C@]12CC[C@H](O[C@@H]3O[C@H](CO)[C@@H](O)[C@H](O)[C@H]3O)C=C1CC[C@]1(O)[C@@H]2CC[C@]2(C)[C@H](c3ccc(=O)oc3)CC[C@@]21O. The third-order valence-corrected chi connectivity index (χ3v) is 11.6. The molecule has 1 aromatic rings. The molecular formula is C30H42O10. The van der Waals surface area contributed by atoms with Crippen LogP contribution in [0.15, 0.2) is 39.3 Å². The molecule has 40 heavy (non-hydrogen) atoms. The number of allylic oxidation sites excluding steroid dienone is 1. The van der Waals surface area contributed by atoms with Crippen LogP contribution in [0.2, 0.25) is 0 Å². The Kier molecular flexibility index (Phi) is 6.91. The number of hydrogen-bond donors (Lipinski definition) is 6. The minimum Gasteiger partial charge on any atom is -0.431 e. The molecule has 6 rings (SSSR count). The molecule has 12 atom stereocenters. The lowest BCUT2D eigenvalue weighted by Crippen LogP contribution is -2.71. The van der Waals surface area contributed by atoms with Gasteiger partial charge < -0.3 is 44.5 Å². The average Bonchev–Trinajstić information content (AvgIpc) is 3.21. The molecule has 0 unspecified atom stereocenters. The number of ether oxygens (including phenoxy) is 2. The van der Waals surface area contributed by atoms with Gasteiger partial charge in [0.2, 0.25) is 0 Å². The first-order valence-electron chi connectivity index (χ1n) is 14.6. The highest BCUT2D eigenvalue weighted by Crippen LogP contribution is 2.71. The van der Waals surface area contributed by atoms with Gasteiger partial charge in [-0.2, -0.15) is 0 Å². The standard InChI is InChI=1S/C30H42O10/c1-27-9-6-18(39-26-25(35)24(34)23(33)20(14-31)40-26)13-17(27)5-11-29(36)21(27)8-10-28(2)19(7-12-30(28,29)37)16-3-4-22(32)38-15-16/h3-4,13,15,18-21,23-26,31,33-37H,5-12,14H2,1-2H3/t18-,19-,20+,21+,23+,24-,25+,26+,27-,28+,29-,30+/m0/s1. The summed E-state index contributed by atoms with van der Waals surface area (Å²) < 4.78 is 16.8. The lowest BCUT2D eigenvalue weighted by atomic mass is 9.43. The number of aliphatic hydroxyl groups is 6. The van der Waals surface area contributed by atoms with Crippen LogP contribution in [-0.4, -0.2) is 85.3 Å². The topological polar surface area (TPSA) is 170 Å². The summed E-state index contributed by atoms with van der Waals surface area (Å²) in [5, 5.41) is 65.0. The van der Waals surface area contributed by atoms with E-state index in [0.717, 1.165) is 24.0 Å². The highest BCUT2D eigenvalue weighted by Gasteiger charge is 2.73. The molecule has 1 aliphatic heterocycles. The molecule has 10 nitrogen and oxygen atoms in total. The summed E-state index contributed by atoms with van der Waals surface area (Å²) in [7, 11) is 0. The van der Waals surface area contributed by atoms with Crippen molar-refractivity contribution in [3.8, 4) is 0 Å². The molecular weight excluding hydrogens is 520 g/mol. The van der Waals surface area contributed by atoms with Gasteiger partial charge in [-0.1, -0.05) is 25.5 Å². The molecule has 0 aromatic carbocycles. The van der Waals surface area contributed by atoms with Gasteiger partial charge in [0.1, 0.15) is 24.4 Å². The first-order valence-corrected chi connectivity index (χ1v) is 14.6. The molecule has 222 valence electrons. The zero-order chi connectivity index (χ0) is 28.7. The maximum atomic E-state index is 12.5. The number of aliphatic hydroxyl groups excluding tert-OH is 4. The van der Waals surface area contributed by atoms with Gasteiger partial charge >= 0.3 is 5.63 Å². The van der Waals surface area contributed by atoms with E-state index < -0.39 is 65.7 Å². The van der Waals surface area contributed by atoms with E-state index in [1.165, 1.54) is 12.3 Å². The molecule has 0 radical (unpaired) electrons.